The number of hydrogen-bond donors (Lipinski definition) is 2. The van der Waals surface area contributed by atoms with Crippen molar-refractivity contribution in [2.75, 3.05) is 11.1 Å². The lowest BCUT2D eigenvalue weighted by atomic mass is 10.2. The van der Waals surface area contributed by atoms with Gasteiger partial charge in [-0.05, 0) is 42.0 Å². The molecule has 104 valence electrons. The molecule has 0 radical (unpaired) electrons. The van der Waals surface area contributed by atoms with E-state index in [0.717, 1.165) is 16.1 Å². The normalized spacial score (nSPS) is 10.3. The zero-order valence-electron chi connectivity index (χ0n) is 10.7. The van der Waals surface area contributed by atoms with Crippen LogP contribution >= 0.6 is 23.4 Å². The minimum Gasteiger partial charge on any atom is -0.392 e. The highest BCUT2D eigenvalue weighted by Crippen LogP contribution is 2.19. The van der Waals surface area contributed by atoms with E-state index in [1.807, 2.05) is 24.3 Å². The summed E-state index contributed by atoms with van der Waals surface area (Å²) in [5, 5.41) is 12.4. The zero-order chi connectivity index (χ0) is 14.4. The van der Waals surface area contributed by atoms with Gasteiger partial charge in [0.2, 0.25) is 5.91 Å². The van der Waals surface area contributed by atoms with Crippen molar-refractivity contribution in [3.63, 3.8) is 0 Å². The van der Waals surface area contributed by atoms with E-state index in [0.29, 0.717) is 10.8 Å². The van der Waals surface area contributed by atoms with Gasteiger partial charge in [0, 0.05) is 15.6 Å². The molecule has 0 aliphatic heterocycles. The van der Waals surface area contributed by atoms with Crippen molar-refractivity contribution in [2.45, 2.75) is 11.5 Å². The van der Waals surface area contributed by atoms with Gasteiger partial charge in [-0.1, -0.05) is 23.7 Å². The number of aliphatic hydroxyl groups excluding tert-OH is 1. The van der Waals surface area contributed by atoms with Crippen LogP contribution in [0.15, 0.2) is 53.4 Å². The third kappa shape index (κ3) is 4.56. The van der Waals surface area contributed by atoms with Gasteiger partial charge >= 0.3 is 0 Å². The van der Waals surface area contributed by atoms with Crippen LogP contribution in [-0.4, -0.2) is 16.8 Å². The van der Waals surface area contributed by atoms with Crippen LogP contribution in [0.1, 0.15) is 5.56 Å². The molecule has 0 atom stereocenters. The lowest BCUT2D eigenvalue weighted by molar-refractivity contribution is -0.113. The second-order valence-corrected chi connectivity index (χ2v) is 5.63. The van der Waals surface area contributed by atoms with E-state index in [2.05, 4.69) is 5.32 Å². The summed E-state index contributed by atoms with van der Waals surface area (Å²) in [5.74, 6) is 0.268. The summed E-state index contributed by atoms with van der Waals surface area (Å²) >= 11 is 7.23. The lowest BCUT2D eigenvalue weighted by Gasteiger charge is -2.05. The first kappa shape index (κ1) is 14.9. The Balaban J connectivity index is 1.83. The third-order valence-corrected chi connectivity index (χ3v) is 3.87. The van der Waals surface area contributed by atoms with Gasteiger partial charge in [0.15, 0.2) is 0 Å². The highest BCUT2D eigenvalue weighted by molar-refractivity contribution is 8.00. The summed E-state index contributed by atoms with van der Waals surface area (Å²) in [4.78, 5) is 12.8. The summed E-state index contributed by atoms with van der Waals surface area (Å²) in [6, 6.07) is 14.5. The van der Waals surface area contributed by atoms with Gasteiger partial charge in [0.1, 0.15) is 0 Å². The summed E-state index contributed by atoms with van der Waals surface area (Å²) in [7, 11) is 0. The van der Waals surface area contributed by atoms with Gasteiger partial charge in [-0.15, -0.1) is 11.8 Å². The van der Waals surface area contributed by atoms with Crippen molar-refractivity contribution in [1.29, 1.82) is 0 Å². The summed E-state index contributed by atoms with van der Waals surface area (Å²) in [6.45, 7) is 0.0298. The number of halogens is 1. The van der Waals surface area contributed by atoms with E-state index in [-0.39, 0.29) is 12.5 Å². The maximum Gasteiger partial charge on any atom is 0.234 e. The molecule has 0 heterocycles. The molecule has 2 aromatic carbocycles. The van der Waals surface area contributed by atoms with Crippen LogP contribution in [0.3, 0.4) is 0 Å². The van der Waals surface area contributed by atoms with Crippen LogP contribution in [0.4, 0.5) is 5.69 Å². The molecule has 0 saturated heterocycles. The van der Waals surface area contributed by atoms with E-state index in [1.54, 1.807) is 24.3 Å². The number of anilines is 1. The Labute approximate surface area is 127 Å². The topological polar surface area (TPSA) is 49.3 Å². The van der Waals surface area contributed by atoms with Crippen molar-refractivity contribution in [2.24, 2.45) is 0 Å². The number of aliphatic hydroxyl groups is 1. The second-order valence-electron chi connectivity index (χ2n) is 4.15. The molecule has 0 saturated carbocycles. The molecule has 3 nitrogen and oxygen atoms in total. The molecular formula is C15H14ClNO2S. The number of carbonyl (C=O) groups excluding carboxylic acids is 1. The fourth-order valence-electron chi connectivity index (χ4n) is 1.57. The van der Waals surface area contributed by atoms with Gasteiger partial charge in [-0.25, -0.2) is 0 Å². The molecule has 5 heteroatoms. The molecule has 0 bridgehead atoms. The highest BCUT2D eigenvalue weighted by atomic mass is 35.5. The average Bonchev–Trinajstić information content (AvgIpc) is 2.48. The number of nitrogens with one attached hydrogen (secondary N) is 1. The monoisotopic (exact) mass is 307 g/mol. The fourth-order valence-corrected chi connectivity index (χ4v) is 2.39. The van der Waals surface area contributed by atoms with Crippen molar-refractivity contribution < 1.29 is 9.90 Å². The molecule has 0 fully saturated rings. The van der Waals surface area contributed by atoms with Crippen LogP contribution in [0.5, 0.6) is 0 Å². The van der Waals surface area contributed by atoms with Crippen molar-refractivity contribution >= 4 is 35.0 Å². The maximum absolute atomic E-state index is 11.8. The lowest BCUT2D eigenvalue weighted by Crippen LogP contribution is -2.13. The van der Waals surface area contributed by atoms with Gasteiger partial charge in [0.25, 0.3) is 0 Å². The maximum atomic E-state index is 11.8. The molecule has 20 heavy (non-hydrogen) atoms. The summed E-state index contributed by atoms with van der Waals surface area (Å²) in [5.41, 5.74) is 1.59. The summed E-state index contributed by atoms with van der Waals surface area (Å²) < 4.78 is 0. The first-order chi connectivity index (χ1) is 9.67. The van der Waals surface area contributed by atoms with Crippen molar-refractivity contribution in [1.82, 2.24) is 0 Å². The smallest absolute Gasteiger partial charge is 0.234 e. The van der Waals surface area contributed by atoms with E-state index >= 15 is 0 Å². The van der Waals surface area contributed by atoms with Crippen LogP contribution < -0.4 is 5.32 Å². The molecule has 0 spiro atoms. The van der Waals surface area contributed by atoms with E-state index in [9.17, 15) is 4.79 Å². The van der Waals surface area contributed by atoms with Crippen LogP contribution in [0.25, 0.3) is 0 Å². The van der Waals surface area contributed by atoms with E-state index < -0.39 is 0 Å². The van der Waals surface area contributed by atoms with Gasteiger partial charge in [-0.2, -0.15) is 0 Å². The van der Waals surface area contributed by atoms with Gasteiger partial charge in [-0.3, -0.25) is 4.79 Å². The van der Waals surface area contributed by atoms with Gasteiger partial charge in [0.05, 0.1) is 12.4 Å². The standard InChI is InChI=1S/C15H14ClNO2S/c16-12-3-5-13(6-4-12)17-15(19)10-20-14-7-1-11(9-18)2-8-14/h1-8,18H,9-10H2,(H,17,19). The number of carbonyl (C=O) groups is 1. The van der Waals surface area contributed by atoms with E-state index in [4.69, 9.17) is 16.7 Å². The molecule has 0 aliphatic carbocycles. The Morgan fingerprint density at radius 2 is 1.75 bits per heavy atom. The van der Waals surface area contributed by atoms with Crippen LogP contribution in [-0.2, 0) is 11.4 Å². The van der Waals surface area contributed by atoms with Crippen molar-refractivity contribution in [3.8, 4) is 0 Å². The van der Waals surface area contributed by atoms with Crippen LogP contribution in [0, 0.1) is 0 Å². The molecule has 2 aromatic rings. The Kier molecular flexibility index (Phi) is 5.47. The summed E-state index contributed by atoms with van der Waals surface area (Å²) in [6.07, 6.45) is 0. The SMILES string of the molecule is O=C(CSc1ccc(CO)cc1)Nc1ccc(Cl)cc1. The fraction of sp³-hybridized carbons (Fsp3) is 0.133. The first-order valence-corrected chi connectivity index (χ1v) is 7.42. The predicted molar refractivity (Wildman–Crippen MR) is 83.2 cm³/mol. The van der Waals surface area contributed by atoms with E-state index in [1.165, 1.54) is 11.8 Å². The predicted octanol–water partition coefficient (Wildman–Crippen LogP) is 3.56. The minimum absolute atomic E-state index is 0.0298. The first-order valence-electron chi connectivity index (χ1n) is 6.05. The number of thioether (sulfide) groups is 1. The number of rotatable bonds is 5. The Bertz CT molecular complexity index is 569. The molecule has 2 rings (SSSR count). The number of hydrogen-bond acceptors (Lipinski definition) is 3. The second kappa shape index (κ2) is 7.33. The Hall–Kier alpha value is -1.49. The molecule has 0 aliphatic rings. The number of benzene rings is 2. The Morgan fingerprint density at radius 1 is 1.10 bits per heavy atom. The minimum atomic E-state index is -0.0662. The van der Waals surface area contributed by atoms with Gasteiger partial charge < -0.3 is 10.4 Å². The molecule has 1 amide bonds. The number of amides is 1. The van der Waals surface area contributed by atoms with Crippen LogP contribution in [0.2, 0.25) is 5.02 Å². The third-order valence-electron chi connectivity index (χ3n) is 2.60. The molecule has 2 N–H and O–H groups in total. The Morgan fingerprint density at radius 3 is 2.35 bits per heavy atom. The molecule has 0 aromatic heterocycles. The highest BCUT2D eigenvalue weighted by Gasteiger charge is 2.04. The molecule has 0 unspecified atom stereocenters. The van der Waals surface area contributed by atoms with Crippen molar-refractivity contribution in [3.05, 3.63) is 59.1 Å². The zero-order valence-corrected chi connectivity index (χ0v) is 12.2. The average molecular weight is 308 g/mol. The molecular weight excluding hydrogens is 294 g/mol. The quantitative estimate of drug-likeness (QED) is 0.830. The largest absolute Gasteiger partial charge is 0.392 e.